The minimum absolute atomic E-state index is 0.0584. The number of pyridine rings is 1. The first-order valence-corrected chi connectivity index (χ1v) is 5.82. The predicted octanol–water partition coefficient (Wildman–Crippen LogP) is 2.80. The van der Waals surface area contributed by atoms with Crippen molar-refractivity contribution < 1.29 is 4.39 Å². The predicted molar refractivity (Wildman–Crippen MR) is 65.2 cm³/mol. The van der Waals surface area contributed by atoms with E-state index in [9.17, 15) is 4.39 Å². The molecule has 0 amide bonds. The Kier molecular flexibility index (Phi) is 5.49. The van der Waals surface area contributed by atoms with Crippen molar-refractivity contribution in [2.24, 2.45) is 5.73 Å². The van der Waals surface area contributed by atoms with Gasteiger partial charge in [-0.1, -0.05) is 31.4 Å². The number of anilines is 1. The third-order valence-corrected chi connectivity index (χ3v) is 2.55. The summed E-state index contributed by atoms with van der Waals surface area (Å²) in [4.78, 5) is 3.90. The highest BCUT2D eigenvalue weighted by molar-refractivity contribution is 6.30. The van der Waals surface area contributed by atoms with E-state index in [0.717, 1.165) is 19.3 Å². The fraction of sp³-hybridized carbons (Fsp3) is 0.545. The number of unbranched alkanes of at least 4 members (excludes halogenated alkanes) is 1. The molecule has 0 aliphatic heterocycles. The fourth-order valence-electron chi connectivity index (χ4n) is 1.41. The molecule has 0 aromatic carbocycles. The maximum Gasteiger partial charge on any atom is 0.166 e. The van der Waals surface area contributed by atoms with E-state index in [1.165, 1.54) is 12.3 Å². The summed E-state index contributed by atoms with van der Waals surface area (Å²) >= 11 is 5.62. The van der Waals surface area contributed by atoms with Crippen molar-refractivity contribution in [3.8, 4) is 0 Å². The lowest BCUT2D eigenvalue weighted by atomic mass is 10.1. The highest BCUT2D eigenvalue weighted by Gasteiger charge is 2.10. The Bertz CT molecular complexity index is 333. The summed E-state index contributed by atoms with van der Waals surface area (Å²) in [5.41, 5.74) is 5.60. The van der Waals surface area contributed by atoms with Crippen molar-refractivity contribution in [3.05, 3.63) is 23.1 Å². The van der Waals surface area contributed by atoms with Crippen molar-refractivity contribution in [3.63, 3.8) is 0 Å². The van der Waals surface area contributed by atoms with Gasteiger partial charge in [0.1, 0.15) is 0 Å². The number of aromatic nitrogens is 1. The van der Waals surface area contributed by atoms with E-state index in [4.69, 9.17) is 17.3 Å². The molecule has 0 aliphatic rings. The van der Waals surface area contributed by atoms with Crippen LogP contribution in [0.2, 0.25) is 5.02 Å². The molecule has 1 heterocycles. The summed E-state index contributed by atoms with van der Waals surface area (Å²) < 4.78 is 13.4. The van der Waals surface area contributed by atoms with E-state index in [2.05, 4.69) is 17.2 Å². The first kappa shape index (κ1) is 13.2. The molecule has 5 heteroatoms. The molecule has 3 nitrogen and oxygen atoms in total. The van der Waals surface area contributed by atoms with Gasteiger partial charge >= 0.3 is 0 Å². The number of nitrogens with zero attached hydrogens (tertiary/aromatic N) is 1. The van der Waals surface area contributed by atoms with Crippen LogP contribution in [0.3, 0.4) is 0 Å². The molecule has 90 valence electrons. The van der Waals surface area contributed by atoms with Gasteiger partial charge in [-0.05, 0) is 12.5 Å². The standard InChI is InChI=1S/C11H17ClFN3/c1-2-3-4-9(6-14)16-11-10(13)5-8(12)7-15-11/h5,7,9H,2-4,6,14H2,1H3,(H,15,16). The monoisotopic (exact) mass is 245 g/mol. The lowest BCUT2D eigenvalue weighted by Crippen LogP contribution is -2.29. The lowest BCUT2D eigenvalue weighted by Gasteiger charge is -2.17. The van der Waals surface area contributed by atoms with Gasteiger partial charge in [-0.3, -0.25) is 0 Å². The molecule has 3 N–H and O–H groups in total. The van der Waals surface area contributed by atoms with Crippen molar-refractivity contribution in [2.75, 3.05) is 11.9 Å². The number of nitrogens with two attached hydrogens (primary N) is 1. The highest BCUT2D eigenvalue weighted by atomic mass is 35.5. The zero-order valence-corrected chi connectivity index (χ0v) is 10.1. The number of nitrogens with one attached hydrogen (secondary N) is 1. The Morgan fingerprint density at radius 3 is 2.94 bits per heavy atom. The van der Waals surface area contributed by atoms with Crippen LogP contribution < -0.4 is 11.1 Å². The van der Waals surface area contributed by atoms with Crippen LogP contribution in [0.15, 0.2) is 12.3 Å². The average Bonchev–Trinajstić information content (AvgIpc) is 2.27. The van der Waals surface area contributed by atoms with E-state index in [1.807, 2.05) is 0 Å². The third kappa shape index (κ3) is 3.94. The maximum atomic E-state index is 13.4. The molecular formula is C11H17ClFN3. The van der Waals surface area contributed by atoms with Crippen LogP contribution >= 0.6 is 11.6 Å². The smallest absolute Gasteiger partial charge is 0.166 e. The number of rotatable bonds is 6. The summed E-state index contributed by atoms with van der Waals surface area (Å²) in [7, 11) is 0. The van der Waals surface area contributed by atoms with Crippen LogP contribution in [0.1, 0.15) is 26.2 Å². The van der Waals surface area contributed by atoms with E-state index in [1.54, 1.807) is 0 Å². The molecular weight excluding hydrogens is 229 g/mol. The average molecular weight is 246 g/mol. The first-order chi connectivity index (χ1) is 7.67. The van der Waals surface area contributed by atoms with Crippen molar-refractivity contribution in [1.82, 2.24) is 4.98 Å². The molecule has 0 aliphatic carbocycles. The SMILES string of the molecule is CCCCC(CN)Nc1ncc(Cl)cc1F. The Hall–Kier alpha value is -0.870. The molecule has 1 aromatic heterocycles. The Morgan fingerprint density at radius 1 is 1.62 bits per heavy atom. The normalized spacial score (nSPS) is 12.5. The van der Waals surface area contributed by atoms with Gasteiger partial charge in [0.05, 0.1) is 5.02 Å². The fourth-order valence-corrected chi connectivity index (χ4v) is 1.56. The summed E-state index contributed by atoms with van der Waals surface area (Å²) in [6.07, 6.45) is 4.48. The van der Waals surface area contributed by atoms with E-state index in [-0.39, 0.29) is 11.9 Å². The van der Waals surface area contributed by atoms with Crippen molar-refractivity contribution in [1.29, 1.82) is 0 Å². The topological polar surface area (TPSA) is 50.9 Å². The molecule has 0 bridgehead atoms. The molecule has 0 saturated heterocycles. The lowest BCUT2D eigenvalue weighted by molar-refractivity contribution is 0.591. The number of hydrogen-bond acceptors (Lipinski definition) is 3. The van der Waals surface area contributed by atoms with Crippen molar-refractivity contribution in [2.45, 2.75) is 32.2 Å². The van der Waals surface area contributed by atoms with Crippen LogP contribution in [0, 0.1) is 5.82 Å². The van der Waals surface area contributed by atoms with Crippen LogP contribution in [0.25, 0.3) is 0 Å². The molecule has 16 heavy (non-hydrogen) atoms. The molecule has 0 saturated carbocycles. The van der Waals surface area contributed by atoms with Gasteiger partial charge in [0, 0.05) is 18.8 Å². The molecule has 0 radical (unpaired) electrons. The van der Waals surface area contributed by atoms with Gasteiger partial charge in [0.25, 0.3) is 0 Å². The minimum atomic E-state index is -0.442. The Morgan fingerprint density at radius 2 is 2.38 bits per heavy atom. The van der Waals surface area contributed by atoms with E-state index < -0.39 is 5.82 Å². The third-order valence-electron chi connectivity index (χ3n) is 2.34. The highest BCUT2D eigenvalue weighted by Crippen LogP contribution is 2.17. The molecule has 1 rings (SSSR count). The van der Waals surface area contributed by atoms with Gasteiger partial charge in [-0.25, -0.2) is 9.37 Å². The van der Waals surface area contributed by atoms with Crippen LogP contribution in [0.5, 0.6) is 0 Å². The summed E-state index contributed by atoms with van der Waals surface area (Å²) in [5, 5.41) is 3.28. The second-order valence-corrected chi connectivity index (χ2v) is 4.14. The van der Waals surface area contributed by atoms with Gasteiger partial charge in [-0.15, -0.1) is 0 Å². The van der Waals surface area contributed by atoms with Crippen LogP contribution in [-0.2, 0) is 0 Å². The molecule has 1 atom stereocenters. The summed E-state index contributed by atoms with van der Waals surface area (Å²) in [5.74, 6) is -0.224. The summed E-state index contributed by atoms with van der Waals surface area (Å²) in [6.45, 7) is 2.57. The molecule has 1 aromatic rings. The second-order valence-electron chi connectivity index (χ2n) is 3.70. The molecule has 0 fully saturated rings. The van der Waals surface area contributed by atoms with Gasteiger partial charge in [0.2, 0.25) is 0 Å². The quantitative estimate of drug-likeness (QED) is 0.810. The molecule has 0 spiro atoms. The van der Waals surface area contributed by atoms with Crippen LogP contribution in [-0.4, -0.2) is 17.6 Å². The Labute approximate surface area is 100 Å². The number of halogens is 2. The molecule has 1 unspecified atom stereocenters. The minimum Gasteiger partial charge on any atom is -0.364 e. The maximum absolute atomic E-state index is 13.4. The van der Waals surface area contributed by atoms with E-state index in [0.29, 0.717) is 11.6 Å². The van der Waals surface area contributed by atoms with Gasteiger partial charge in [0.15, 0.2) is 11.6 Å². The zero-order chi connectivity index (χ0) is 12.0. The first-order valence-electron chi connectivity index (χ1n) is 5.45. The second kappa shape index (κ2) is 6.66. The van der Waals surface area contributed by atoms with E-state index >= 15 is 0 Å². The largest absolute Gasteiger partial charge is 0.364 e. The number of hydrogen-bond donors (Lipinski definition) is 2. The van der Waals surface area contributed by atoms with Gasteiger partial charge < -0.3 is 11.1 Å². The Balaban J connectivity index is 2.62. The van der Waals surface area contributed by atoms with Gasteiger partial charge in [-0.2, -0.15) is 0 Å². The summed E-state index contributed by atoms with van der Waals surface area (Å²) in [6, 6.07) is 1.30. The zero-order valence-electron chi connectivity index (χ0n) is 9.34. The van der Waals surface area contributed by atoms with Crippen LogP contribution in [0.4, 0.5) is 10.2 Å². The van der Waals surface area contributed by atoms with Crippen molar-refractivity contribution >= 4 is 17.4 Å².